The summed E-state index contributed by atoms with van der Waals surface area (Å²) in [4.78, 5) is 14.7. The van der Waals surface area contributed by atoms with Crippen molar-refractivity contribution in [1.29, 1.82) is 0 Å². The Hall–Kier alpha value is -1.96. The number of nitrogens with zero attached hydrogens (tertiary/aromatic N) is 1. The molecule has 0 spiro atoms. The molecule has 5 nitrogen and oxygen atoms in total. The summed E-state index contributed by atoms with van der Waals surface area (Å²) < 4.78 is 47.3. The SMILES string of the molecule is CC(C)(C)OC(=O)N[C@H]1CC[C@H](c2cccc(OC(F)(F)F)c2)C[C@@H]1N1CCCC1. The first-order valence-electron chi connectivity index (χ1n) is 10.6. The number of carbonyl (C=O) groups is 1. The third kappa shape index (κ3) is 6.52. The Labute approximate surface area is 175 Å². The molecule has 1 saturated carbocycles. The Balaban J connectivity index is 1.72. The lowest BCUT2D eigenvalue weighted by atomic mass is 9.78. The summed E-state index contributed by atoms with van der Waals surface area (Å²) in [5.74, 6) is -0.0733. The molecule has 1 aliphatic heterocycles. The normalized spacial score (nSPS) is 25.7. The molecule has 1 N–H and O–H groups in total. The van der Waals surface area contributed by atoms with Gasteiger partial charge in [0.2, 0.25) is 0 Å². The number of amides is 1. The van der Waals surface area contributed by atoms with Crippen LogP contribution in [-0.4, -0.2) is 48.1 Å². The van der Waals surface area contributed by atoms with Gasteiger partial charge in [-0.15, -0.1) is 13.2 Å². The molecule has 8 heteroatoms. The van der Waals surface area contributed by atoms with Crippen molar-refractivity contribution < 1.29 is 27.4 Å². The number of hydrogen-bond donors (Lipinski definition) is 1. The molecular weight excluding hydrogens is 397 g/mol. The Morgan fingerprint density at radius 3 is 2.47 bits per heavy atom. The zero-order valence-corrected chi connectivity index (χ0v) is 17.8. The Morgan fingerprint density at radius 1 is 1.13 bits per heavy atom. The zero-order chi connectivity index (χ0) is 21.9. The highest BCUT2D eigenvalue weighted by atomic mass is 19.4. The van der Waals surface area contributed by atoms with Gasteiger partial charge in [-0.1, -0.05) is 12.1 Å². The standard InChI is InChI=1S/C22H31F3N2O3/c1-21(2,3)30-20(28)26-18-10-9-16(14-19(18)27-11-4-5-12-27)15-7-6-8-17(13-15)29-22(23,24)25/h6-8,13,16,18-19H,4-5,9-12,14H2,1-3H3,(H,26,28)/t16-,18-,19-/m0/s1. The molecule has 1 aromatic rings. The number of hydrogen-bond acceptors (Lipinski definition) is 4. The monoisotopic (exact) mass is 428 g/mol. The van der Waals surface area contributed by atoms with Crippen LogP contribution >= 0.6 is 0 Å². The molecular formula is C22H31F3N2O3. The van der Waals surface area contributed by atoms with E-state index in [2.05, 4.69) is 15.0 Å². The lowest BCUT2D eigenvalue weighted by Gasteiger charge is -2.41. The summed E-state index contributed by atoms with van der Waals surface area (Å²) >= 11 is 0. The quantitative estimate of drug-likeness (QED) is 0.715. The number of likely N-dealkylation sites (tertiary alicyclic amines) is 1. The van der Waals surface area contributed by atoms with Gasteiger partial charge in [-0.05, 0) is 89.6 Å². The van der Waals surface area contributed by atoms with Crippen molar-refractivity contribution in [3.8, 4) is 5.75 Å². The summed E-state index contributed by atoms with van der Waals surface area (Å²) in [5.41, 5.74) is 0.278. The largest absolute Gasteiger partial charge is 0.573 e. The van der Waals surface area contributed by atoms with E-state index in [1.807, 2.05) is 26.8 Å². The van der Waals surface area contributed by atoms with Crippen molar-refractivity contribution in [1.82, 2.24) is 10.2 Å². The Bertz CT molecular complexity index is 727. The minimum absolute atomic E-state index is 0.0381. The molecule has 3 rings (SSSR count). The minimum Gasteiger partial charge on any atom is -0.444 e. The summed E-state index contributed by atoms with van der Waals surface area (Å²) in [6, 6.07) is 6.36. The van der Waals surface area contributed by atoms with Gasteiger partial charge in [0.15, 0.2) is 0 Å². The topological polar surface area (TPSA) is 50.8 Å². The maximum absolute atomic E-state index is 12.6. The first-order valence-corrected chi connectivity index (χ1v) is 10.6. The highest BCUT2D eigenvalue weighted by Crippen LogP contribution is 2.38. The van der Waals surface area contributed by atoms with Crippen molar-refractivity contribution in [2.75, 3.05) is 13.1 Å². The molecule has 2 fully saturated rings. The molecule has 1 saturated heterocycles. The molecule has 1 aromatic carbocycles. The van der Waals surface area contributed by atoms with Crippen LogP contribution < -0.4 is 10.1 Å². The van der Waals surface area contributed by atoms with E-state index in [9.17, 15) is 18.0 Å². The highest BCUT2D eigenvalue weighted by Gasteiger charge is 2.38. The van der Waals surface area contributed by atoms with Gasteiger partial charge in [0.1, 0.15) is 11.4 Å². The van der Waals surface area contributed by atoms with Crippen LogP contribution in [0.5, 0.6) is 5.75 Å². The van der Waals surface area contributed by atoms with Crippen LogP contribution in [0.2, 0.25) is 0 Å². The number of alkyl carbamates (subject to hydrolysis) is 1. The van der Waals surface area contributed by atoms with Crippen LogP contribution in [0.25, 0.3) is 0 Å². The van der Waals surface area contributed by atoms with Gasteiger partial charge in [0.05, 0.1) is 0 Å². The number of benzene rings is 1. The van der Waals surface area contributed by atoms with Crippen LogP contribution in [0.15, 0.2) is 24.3 Å². The minimum atomic E-state index is -4.70. The summed E-state index contributed by atoms with van der Waals surface area (Å²) in [7, 11) is 0. The molecule has 168 valence electrons. The van der Waals surface area contributed by atoms with Gasteiger partial charge in [0.25, 0.3) is 0 Å². The van der Waals surface area contributed by atoms with E-state index in [1.165, 1.54) is 12.1 Å². The lowest BCUT2D eigenvalue weighted by Crippen LogP contribution is -2.54. The molecule has 0 unspecified atom stereocenters. The van der Waals surface area contributed by atoms with Crippen LogP contribution in [0.1, 0.15) is 64.4 Å². The van der Waals surface area contributed by atoms with Crippen LogP contribution in [-0.2, 0) is 4.74 Å². The number of carbonyl (C=O) groups excluding carboxylic acids is 1. The number of ether oxygens (including phenoxy) is 2. The van der Waals surface area contributed by atoms with Gasteiger partial charge in [0, 0.05) is 12.1 Å². The second kappa shape index (κ2) is 9.04. The molecule has 30 heavy (non-hydrogen) atoms. The van der Waals surface area contributed by atoms with E-state index in [0.29, 0.717) is 0 Å². The molecule has 0 aromatic heterocycles. The molecule has 0 bridgehead atoms. The molecule has 3 atom stereocenters. The zero-order valence-electron chi connectivity index (χ0n) is 17.8. The summed E-state index contributed by atoms with van der Waals surface area (Å²) in [6.45, 7) is 7.44. The number of alkyl halides is 3. The fourth-order valence-electron chi connectivity index (χ4n) is 4.52. The maximum atomic E-state index is 12.6. The van der Waals surface area contributed by atoms with Crippen LogP contribution in [0.3, 0.4) is 0 Å². The van der Waals surface area contributed by atoms with E-state index in [4.69, 9.17) is 4.74 Å². The van der Waals surface area contributed by atoms with E-state index >= 15 is 0 Å². The van der Waals surface area contributed by atoms with E-state index in [-0.39, 0.29) is 23.8 Å². The average Bonchev–Trinajstić information content (AvgIpc) is 3.13. The highest BCUT2D eigenvalue weighted by molar-refractivity contribution is 5.68. The van der Waals surface area contributed by atoms with Gasteiger partial charge in [-0.3, -0.25) is 4.90 Å². The number of halogens is 3. The van der Waals surface area contributed by atoms with E-state index in [1.54, 1.807) is 6.07 Å². The fraction of sp³-hybridized carbons (Fsp3) is 0.682. The first-order chi connectivity index (χ1) is 14.0. The van der Waals surface area contributed by atoms with Crippen molar-refractivity contribution in [2.24, 2.45) is 0 Å². The predicted molar refractivity (Wildman–Crippen MR) is 107 cm³/mol. The third-order valence-corrected chi connectivity index (χ3v) is 5.69. The second-order valence-electron chi connectivity index (χ2n) is 9.19. The second-order valence-corrected chi connectivity index (χ2v) is 9.19. The van der Waals surface area contributed by atoms with Crippen molar-refractivity contribution >= 4 is 6.09 Å². The molecule has 1 amide bonds. The average molecular weight is 428 g/mol. The molecule has 2 aliphatic rings. The first kappa shape index (κ1) is 22.7. The van der Waals surface area contributed by atoms with Gasteiger partial charge >= 0.3 is 12.5 Å². The maximum Gasteiger partial charge on any atom is 0.573 e. The third-order valence-electron chi connectivity index (χ3n) is 5.69. The van der Waals surface area contributed by atoms with E-state index in [0.717, 1.165) is 50.8 Å². The summed E-state index contributed by atoms with van der Waals surface area (Å²) in [6.07, 6.45) is -0.585. The van der Waals surface area contributed by atoms with Crippen LogP contribution in [0, 0.1) is 0 Å². The number of rotatable bonds is 4. The summed E-state index contributed by atoms with van der Waals surface area (Å²) in [5, 5.41) is 3.04. The van der Waals surface area contributed by atoms with Gasteiger partial charge in [-0.25, -0.2) is 4.79 Å². The van der Waals surface area contributed by atoms with Gasteiger partial charge < -0.3 is 14.8 Å². The Morgan fingerprint density at radius 2 is 1.83 bits per heavy atom. The predicted octanol–water partition coefficient (Wildman–Crippen LogP) is 5.21. The van der Waals surface area contributed by atoms with E-state index < -0.39 is 18.1 Å². The lowest BCUT2D eigenvalue weighted by molar-refractivity contribution is -0.274. The molecule has 1 aliphatic carbocycles. The molecule has 1 heterocycles. The number of nitrogens with one attached hydrogen (secondary N) is 1. The van der Waals surface area contributed by atoms with Crippen molar-refractivity contribution in [3.63, 3.8) is 0 Å². The van der Waals surface area contributed by atoms with Crippen molar-refractivity contribution in [2.45, 2.75) is 82.8 Å². The van der Waals surface area contributed by atoms with Crippen molar-refractivity contribution in [3.05, 3.63) is 29.8 Å². The fourth-order valence-corrected chi connectivity index (χ4v) is 4.52. The van der Waals surface area contributed by atoms with Crippen LogP contribution in [0.4, 0.5) is 18.0 Å². The van der Waals surface area contributed by atoms with Gasteiger partial charge in [-0.2, -0.15) is 0 Å². The Kier molecular flexibility index (Phi) is 6.84. The smallest absolute Gasteiger partial charge is 0.444 e. The molecule has 0 radical (unpaired) electrons.